The summed E-state index contributed by atoms with van der Waals surface area (Å²) in [5.74, 6) is 0. The van der Waals surface area contributed by atoms with Crippen LogP contribution in [0.4, 0.5) is 13.2 Å². The van der Waals surface area contributed by atoms with Gasteiger partial charge in [0.1, 0.15) is 6.10 Å². The molecule has 1 aliphatic heterocycles. The highest BCUT2D eigenvalue weighted by Crippen LogP contribution is 2.27. The average molecular weight is 234 g/mol. The van der Waals surface area contributed by atoms with Gasteiger partial charge in [0.05, 0.1) is 6.61 Å². The molecule has 1 heterocycles. The normalized spacial score (nSPS) is 24.9. The first-order chi connectivity index (χ1) is 6.33. The quantitative estimate of drug-likeness (QED) is 0.529. The molecule has 84 valence electrons. The molecule has 0 aliphatic carbocycles. The summed E-state index contributed by atoms with van der Waals surface area (Å²) < 4.78 is 65.3. The Morgan fingerprint density at radius 1 is 1.36 bits per heavy atom. The number of hydrogen-bond donors (Lipinski definition) is 0. The van der Waals surface area contributed by atoms with Crippen LogP contribution in [0, 0.1) is 0 Å². The number of alkyl halides is 3. The summed E-state index contributed by atoms with van der Waals surface area (Å²) in [4.78, 5) is 0. The minimum atomic E-state index is -5.48. The van der Waals surface area contributed by atoms with Gasteiger partial charge in [-0.15, -0.1) is 0 Å². The van der Waals surface area contributed by atoms with Gasteiger partial charge in [-0.3, -0.25) is 4.18 Å². The number of ether oxygens (including phenoxy) is 1. The maximum Gasteiger partial charge on any atom is 0.523 e. The Kier molecular flexibility index (Phi) is 3.38. The van der Waals surface area contributed by atoms with Crippen molar-refractivity contribution in [3.63, 3.8) is 0 Å². The summed E-state index contributed by atoms with van der Waals surface area (Å²) in [7, 11) is -5.48. The molecule has 1 aliphatic rings. The molecule has 14 heavy (non-hydrogen) atoms. The standard InChI is InChI=1S/C6H9F3O4S/c7-6(8,9)14(10,11)13-5-2-1-3-12-4-5/h5H,1-4H2. The first kappa shape index (κ1) is 11.7. The molecule has 0 bridgehead atoms. The molecule has 1 rings (SSSR count). The second-order valence-electron chi connectivity index (χ2n) is 2.84. The van der Waals surface area contributed by atoms with Crippen LogP contribution in [0.5, 0.6) is 0 Å². The highest BCUT2D eigenvalue weighted by Gasteiger charge is 2.48. The molecular weight excluding hydrogens is 225 g/mol. The van der Waals surface area contributed by atoms with Crippen molar-refractivity contribution in [3.8, 4) is 0 Å². The molecule has 0 aromatic carbocycles. The van der Waals surface area contributed by atoms with E-state index in [0.29, 0.717) is 13.0 Å². The molecular formula is C6H9F3O4S. The molecule has 1 fully saturated rings. The Labute approximate surface area is 79.1 Å². The van der Waals surface area contributed by atoms with Gasteiger partial charge in [0.15, 0.2) is 0 Å². The Bertz CT molecular complexity index is 278. The van der Waals surface area contributed by atoms with Crippen LogP contribution in [0.1, 0.15) is 12.8 Å². The topological polar surface area (TPSA) is 52.6 Å². The monoisotopic (exact) mass is 234 g/mol. The zero-order valence-corrected chi connectivity index (χ0v) is 7.90. The van der Waals surface area contributed by atoms with E-state index in [2.05, 4.69) is 4.18 Å². The van der Waals surface area contributed by atoms with Gasteiger partial charge in [-0.05, 0) is 12.8 Å². The maximum atomic E-state index is 11.8. The summed E-state index contributed by atoms with van der Waals surface area (Å²) in [6.07, 6.45) is -0.261. The first-order valence-electron chi connectivity index (χ1n) is 3.90. The van der Waals surface area contributed by atoms with Gasteiger partial charge >= 0.3 is 15.6 Å². The molecule has 0 aromatic heterocycles. The van der Waals surface area contributed by atoms with Gasteiger partial charge in [0.25, 0.3) is 0 Å². The third kappa shape index (κ3) is 2.82. The lowest BCUT2D eigenvalue weighted by atomic mass is 10.2. The minimum Gasteiger partial charge on any atom is -0.379 e. The van der Waals surface area contributed by atoms with Crippen molar-refractivity contribution < 1.29 is 30.5 Å². The molecule has 8 heteroatoms. The van der Waals surface area contributed by atoms with Crippen LogP contribution in [-0.2, 0) is 19.0 Å². The van der Waals surface area contributed by atoms with Crippen LogP contribution in [0.15, 0.2) is 0 Å². The molecule has 0 saturated carbocycles. The van der Waals surface area contributed by atoms with Crippen LogP contribution in [0.3, 0.4) is 0 Å². The van der Waals surface area contributed by atoms with Crippen LogP contribution in [-0.4, -0.2) is 33.2 Å². The lowest BCUT2D eigenvalue weighted by molar-refractivity contribution is -0.0651. The van der Waals surface area contributed by atoms with Gasteiger partial charge < -0.3 is 4.74 Å². The fourth-order valence-corrected chi connectivity index (χ4v) is 1.64. The molecule has 0 amide bonds. The van der Waals surface area contributed by atoms with E-state index in [0.717, 1.165) is 0 Å². The summed E-state index contributed by atoms with van der Waals surface area (Å²) in [5.41, 5.74) is -5.36. The van der Waals surface area contributed by atoms with Crippen molar-refractivity contribution in [3.05, 3.63) is 0 Å². The highest BCUT2D eigenvalue weighted by molar-refractivity contribution is 7.87. The predicted molar refractivity (Wildman–Crippen MR) is 39.9 cm³/mol. The Morgan fingerprint density at radius 3 is 2.43 bits per heavy atom. The van der Waals surface area contributed by atoms with Crippen LogP contribution < -0.4 is 0 Å². The van der Waals surface area contributed by atoms with Crippen LogP contribution in [0.2, 0.25) is 0 Å². The minimum absolute atomic E-state index is 0.116. The van der Waals surface area contributed by atoms with Gasteiger partial charge in [-0.25, -0.2) is 0 Å². The number of rotatable bonds is 2. The van der Waals surface area contributed by atoms with Gasteiger partial charge in [0.2, 0.25) is 0 Å². The van der Waals surface area contributed by atoms with Crippen molar-refractivity contribution in [1.82, 2.24) is 0 Å². The Balaban J connectivity index is 2.58. The highest BCUT2D eigenvalue weighted by atomic mass is 32.2. The summed E-state index contributed by atoms with van der Waals surface area (Å²) in [6, 6.07) is 0. The zero-order chi connectivity index (χ0) is 10.8. The molecule has 4 nitrogen and oxygen atoms in total. The Hall–Kier alpha value is -0.340. The fraction of sp³-hybridized carbons (Fsp3) is 1.00. The zero-order valence-electron chi connectivity index (χ0n) is 7.08. The first-order valence-corrected chi connectivity index (χ1v) is 5.31. The third-order valence-corrected chi connectivity index (χ3v) is 2.76. The van der Waals surface area contributed by atoms with E-state index < -0.39 is 21.7 Å². The molecule has 1 unspecified atom stereocenters. The van der Waals surface area contributed by atoms with E-state index in [1.165, 1.54) is 0 Å². The van der Waals surface area contributed by atoms with E-state index in [1.807, 2.05) is 0 Å². The SMILES string of the molecule is O=S(=O)(OC1CCCOC1)C(F)(F)F. The van der Waals surface area contributed by atoms with Crippen LogP contribution in [0.25, 0.3) is 0 Å². The van der Waals surface area contributed by atoms with Gasteiger partial charge in [0, 0.05) is 6.61 Å². The molecule has 0 N–H and O–H groups in total. The van der Waals surface area contributed by atoms with E-state index in [9.17, 15) is 21.6 Å². The molecule has 0 spiro atoms. The molecule has 0 radical (unpaired) electrons. The second kappa shape index (κ2) is 4.03. The third-order valence-electron chi connectivity index (χ3n) is 1.66. The van der Waals surface area contributed by atoms with Crippen LogP contribution >= 0.6 is 0 Å². The van der Waals surface area contributed by atoms with Crippen molar-refractivity contribution in [2.75, 3.05) is 13.2 Å². The van der Waals surface area contributed by atoms with Crippen molar-refractivity contribution in [1.29, 1.82) is 0 Å². The number of halogens is 3. The largest absolute Gasteiger partial charge is 0.523 e. The molecule has 0 aromatic rings. The number of hydrogen-bond acceptors (Lipinski definition) is 4. The predicted octanol–water partition coefficient (Wildman–Crippen LogP) is 1.03. The van der Waals surface area contributed by atoms with Crippen molar-refractivity contribution in [2.45, 2.75) is 24.5 Å². The fourth-order valence-electron chi connectivity index (χ4n) is 1.02. The summed E-state index contributed by atoms with van der Waals surface area (Å²) >= 11 is 0. The molecule has 1 saturated heterocycles. The van der Waals surface area contributed by atoms with Crippen molar-refractivity contribution in [2.24, 2.45) is 0 Å². The maximum absolute atomic E-state index is 11.8. The van der Waals surface area contributed by atoms with Gasteiger partial charge in [-0.1, -0.05) is 0 Å². The summed E-state index contributed by atoms with van der Waals surface area (Å²) in [5, 5.41) is 0. The van der Waals surface area contributed by atoms with Crippen molar-refractivity contribution >= 4 is 10.1 Å². The van der Waals surface area contributed by atoms with Gasteiger partial charge in [-0.2, -0.15) is 21.6 Å². The average Bonchev–Trinajstić information content (AvgIpc) is 2.03. The van der Waals surface area contributed by atoms with E-state index in [-0.39, 0.29) is 13.0 Å². The molecule has 1 atom stereocenters. The van der Waals surface area contributed by atoms with E-state index in [4.69, 9.17) is 4.74 Å². The second-order valence-corrected chi connectivity index (χ2v) is 4.40. The Morgan fingerprint density at radius 2 is 2.00 bits per heavy atom. The van der Waals surface area contributed by atoms with E-state index in [1.54, 1.807) is 0 Å². The smallest absolute Gasteiger partial charge is 0.379 e. The lowest BCUT2D eigenvalue weighted by Crippen LogP contribution is -2.34. The van der Waals surface area contributed by atoms with E-state index >= 15 is 0 Å². The lowest BCUT2D eigenvalue weighted by Gasteiger charge is -2.22. The summed E-state index contributed by atoms with van der Waals surface area (Å²) in [6.45, 7) is 0.307.